The van der Waals surface area contributed by atoms with Gasteiger partial charge in [-0.1, -0.05) is 137 Å². The van der Waals surface area contributed by atoms with E-state index in [0.29, 0.717) is 42.5 Å². The SMILES string of the molecule is CCCCC/C=C\C/C=C\C/C=C\C/C=C\CCCCCC(=O)OC[C@H](COP(=O)([O-])OCC[N+](C)(C)C)OC(=O)CCC/C=C\C/C=C\C/C=C\CC1OC1CCCCC. The Balaban J connectivity index is 2.33. The molecule has 1 rings (SSSR count). The van der Waals surface area contributed by atoms with Crippen molar-refractivity contribution in [2.45, 2.75) is 173 Å². The monoisotopic (exact) mass is 874 g/mol. The summed E-state index contributed by atoms with van der Waals surface area (Å²) in [6, 6.07) is 0. The summed E-state index contributed by atoms with van der Waals surface area (Å²) in [6.07, 6.45) is 50.8. The van der Waals surface area contributed by atoms with E-state index in [0.717, 1.165) is 57.8 Å². The summed E-state index contributed by atoms with van der Waals surface area (Å²) >= 11 is 0. The minimum absolute atomic E-state index is 0.0532. The Morgan fingerprint density at radius 1 is 0.607 bits per heavy atom. The van der Waals surface area contributed by atoms with Crippen molar-refractivity contribution in [3.63, 3.8) is 0 Å². The summed E-state index contributed by atoms with van der Waals surface area (Å²) in [4.78, 5) is 37.6. The lowest BCUT2D eigenvalue weighted by Crippen LogP contribution is -2.37. The number of rotatable bonds is 40. The minimum atomic E-state index is -4.66. The molecule has 0 bridgehead atoms. The minimum Gasteiger partial charge on any atom is -0.756 e. The Morgan fingerprint density at radius 2 is 1.11 bits per heavy atom. The first kappa shape index (κ1) is 56.2. The van der Waals surface area contributed by atoms with Crippen LogP contribution in [0.25, 0.3) is 0 Å². The van der Waals surface area contributed by atoms with E-state index in [9.17, 15) is 19.0 Å². The van der Waals surface area contributed by atoms with Crippen molar-refractivity contribution in [3.8, 4) is 0 Å². The molecule has 1 fully saturated rings. The Hall–Kier alpha value is -2.85. The fraction of sp³-hybridized carbons (Fsp3) is 0.680. The molecule has 348 valence electrons. The largest absolute Gasteiger partial charge is 0.756 e. The summed E-state index contributed by atoms with van der Waals surface area (Å²) in [6.45, 7) is 4.04. The number of carbonyl (C=O) groups excluding carboxylic acids is 2. The third-order valence-corrected chi connectivity index (χ3v) is 10.8. The van der Waals surface area contributed by atoms with Crippen LogP contribution in [0.1, 0.15) is 155 Å². The normalized spacial score (nSPS) is 17.6. The Labute approximate surface area is 371 Å². The number of ether oxygens (including phenoxy) is 3. The van der Waals surface area contributed by atoms with Crippen LogP contribution in [0, 0.1) is 0 Å². The van der Waals surface area contributed by atoms with Crippen molar-refractivity contribution in [2.75, 3.05) is 47.5 Å². The summed E-state index contributed by atoms with van der Waals surface area (Å²) in [5.41, 5.74) is 0. The number of likely N-dealkylation sites (N-methyl/N-ethyl adjacent to an activating group) is 1. The number of quaternary nitrogens is 1. The van der Waals surface area contributed by atoms with Crippen LogP contribution in [0.3, 0.4) is 0 Å². The van der Waals surface area contributed by atoms with Crippen molar-refractivity contribution in [2.24, 2.45) is 0 Å². The molecule has 0 saturated carbocycles. The van der Waals surface area contributed by atoms with E-state index in [2.05, 4.69) is 92.8 Å². The lowest BCUT2D eigenvalue weighted by atomic mass is 10.1. The van der Waals surface area contributed by atoms with Crippen LogP contribution in [-0.4, -0.2) is 82.2 Å². The highest BCUT2D eigenvalue weighted by Gasteiger charge is 2.36. The molecule has 0 spiro atoms. The molecule has 0 N–H and O–H groups in total. The van der Waals surface area contributed by atoms with E-state index in [1.807, 2.05) is 27.2 Å². The van der Waals surface area contributed by atoms with Gasteiger partial charge < -0.3 is 32.6 Å². The number of hydrogen-bond acceptors (Lipinski definition) is 9. The van der Waals surface area contributed by atoms with Crippen LogP contribution in [0.4, 0.5) is 0 Å². The molecular weight excluding hydrogens is 790 g/mol. The molecule has 0 aromatic heterocycles. The first-order valence-electron chi connectivity index (χ1n) is 23.4. The summed E-state index contributed by atoms with van der Waals surface area (Å²) in [7, 11) is 1.09. The molecule has 11 heteroatoms. The summed E-state index contributed by atoms with van der Waals surface area (Å²) < 4.78 is 39.6. The van der Waals surface area contributed by atoms with E-state index in [-0.39, 0.29) is 26.1 Å². The predicted octanol–water partition coefficient (Wildman–Crippen LogP) is 11.9. The van der Waals surface area contributed by atoms with Crippen LogP contribution in [0.2, 0.25) is 0 Å². The molecule has 4 atom stereocenters. The molecule has 0 amide bonds. The van der Waals surface area contributed by atoms with Crippen LogP contribution in [-0.2, 0) is 37.4 Å². The number of esters is 2. The summed E-state index contributed by atoms with van der Waals surface area (Å²) in [5, 5.41) is 0. The van der Waals surface area contributed by atoms with Crippen LogP contribution in [0.15, 0.2) is 85.1 Å². The highest BCUT2D eigenvalue weighted by atomic mass is 31.2. The molecule has 1 heterocycles. The molecule has 1 saturated heterocycles. The molecule has 1 aliphatic heterocycles. The maximum atomic E-state index is 12.7. The van der Waals surface area contributed by atoms with Crippen molar-refractivity contribution >= 4 is 19.8 Å². The van der Waals surface area contributed by atoms with Crippen molar-refractivity contribution in [1.29, 1.82) is 0 Å². The smallest absolute Gasteiger partial charge is 0.306 e. The van der Waals surface area contributed by atoms with Gasteiger partial charge in [-0.2, -0.15) is 0 Å². The van der Waals surface area contributed by atoms with Gasteiger partial charge in [0.05, 0.1) is 40.0 Å². The lowest BCUT2D eigenvalue weighted by molar-refractivity contribution is -0.870. The molecule has 3 unspecified atom stereocenters. The second-order valence-electron chi connectivity index (χ2n) is 16.8. The molecule has 10 nitrogen and oxygen atoms in total. The fourth-order valence-electron chi connectivity index (χ4n) is 6.02. The number of epoxide rings is 1. The molecular formula is C50H84NO9P. The average Bonchev–Trinajstić information content (AvgIpc) is 3.97. The van der Waals surface area contributed by atoms with Gasteiger partial charge in [0.25, 0.3) is 7.82 Å². The lowest BCUT2D eigenvalue weighted by Gasteiger charge is -2.28. The first-order chi connectivity index (χ1) is 29.5. The zero-order chi connectivity index (χ0) is 44.7. The standard InChI is InChI=1S/C50H84NO9P/c1-6-8-10-11-12-13-14-15-16-17-18-19-20-21-22-26-29-32-36-40-49(52)56-44-46(45-58-61(54,55)57-43-42-51(3,4)5)59-50(53)41-37-33-30-27-24-23-25-28-31-35-39-48-47(60-48)38-34-9-7-2/h12-13,15-16,18-19,21-23,25,27,30-31,35,46-48H,6-11,14,17,20,24,26,28-29,32-34,36-45H2,1-5H3/b13-12-,16-15-,19-18-,22-21-,25-23-,30-27-,35-31-/t46-,47?,48?/m1/s1. The van der Waals surface area contributed by atoms with E-state index in [4.69, 9.17) is 23.3 Å². The van der Waals surface area contributed by atoms with Crippen LogP contribution in [0.5, 0.6) is 0 Å². The van der Waals surface area contributed by atoms with E-state index in [1.165, 1.54) is 51.4 Å². The number of unbranched alkanes of at least 4 members (excludes halogenated alkanes) is 9. The van der Waals surface area contributed by atoms with Crippen molar-refractivity contribution in [1.82, 2.24) is 0 Å². The molecule has 61 heavy (non-hydrogen) atoms. The zero-order valence-electron chi connectivity index (χ0n) is 38.8. The van der Waals surface area contributed by atoms with Gasteiger partial charge in [0.2, 0.25) is 0 Å². The average molecular weight is 874 g/mol. The van der Waals surface area contributed by atoms with Gasteiger partial charge in [-0.15, -0.1) is 0 Å². The maximum Gasteiger partial charge on any atom is 0.306 e. The zero-order valence-corrected chi connectivity index (χ0v) is 39.7. The number of phosphoric acid groups is 1. The first-order valence-corrected chi connectivity index (χ1v) is 24.9. The number of hydrogen-bond donors (Lipinski definition) is 0. The second kappa shape index (κ2) is 37.7. The van der Waals surface area contributed by atoms with Crippen LogP contribution >= 0.6 is 7.82 Å². The van der Waals surface area contributed by atoms with Gasteiger partial charge in [0.1, 0.15) is 19.8 Å². The Kier molecular flexibility index (Phi) is 34.7. The third-order valence-electron chi connectivity index (χ3n) is 9.81. The summed E-state index contributed by atoms with van der Waals surface area (Å²) in [5.74, 6) is -0.949. The quantitative estimate of drug-likeness (QED) is 0.0148. The van der Waals surface area contributed by atoms with Gasteiger partial charge in [-0.05, 0) is 89.9 Å². The topological polar surface area (TPSA) is 124 Å². The van der Waals surface area contributed by atoms with E-state index in [1.54, 1.807) is 0 Å². The van der Waals surface area contributed by atoms with Crippen LogP contribution < -0.4 is 4.89 Å². The second-order valence-corrected chi connectivity index (χ2v) is 18.2. The van der Waals surface area contributed by atoms with Gasteiger partial charge in [0, 0.05) is 12.8 Å². The van der Waals surface area contributed by atoms with Gasteiger partial charge in [0.15, 0.2) is 6.10 Å². The van der Waals surface area contributed by atoms with Gasteiger partial charge in [-0.25, -0.2) is 0 Å². The van der Waals surface area contributed by atoms with E-state index < -0.39 is 32.5 Å². The fourth-order valence-corrected chi connectivity index (χ4v) is 6.75. The highest BCUT2D eigenvalue weighted by Crippen LogP contribution is 2.38. The highest BCUT2D eigenvalue weighted by molar-refractivity contribution is 7.45. The van der Waals surface area contributed by atoms with Gasteiger partial charge in [-0.3, -0.25) is 14.2 Å². The van der Waals surface area contributed by atoms with Gasteiger partial charge >= 0.3 is 11.9 Å². The number of nitrogens with zero attached hydrogens (tertiary/aromatic N) is 1. The maximum absolute atomic E-state index is 12.7. The molecule has 0 aliphatic carbocycles. The van der Waals surface area contributed by atoms with Crippen molar-refractivity contribution < 1.29 is 46.8 Å². The number of allylic oxidation sites excluding steroid dienone is 13. The molecule has 0 aromatic carbocycles. The third kappa shape index (κ3) is 38.5. The molecule has 0 aromatic rings. The molecule has 0 radical (unpaired) electrons. The Bertz CT molecular complexity index is 1380. The molecule has 1 aliphatic rings. The number of phosphoric ester groups is 1. The predicted molar refractivity (Wildman–Crippen MR) is 249 cm³/mol. The Morgan fingerprint density at radius 3 is 1.69 bits per heavy atom. The van der Waals surface area contributed by atoms with E-state index >= 15 is 0 Å². The number of carbonyl (C=O) groups is 2. The van der Waals surface area contributed by atoms with Crippen molar-refractivity contribution in [3.05, 3.63) is 85.1 Å².